The van der Waals surface area contributed by atoms with Gasteiger partial charge in [0.15, 0.2) is 16.6 Å². The maximum Gasteiger partial charge on any atom is 0.186 e. The summed E-state index contributed by atoms with van der Waals surface area (Å²) in [6, 6.07) is 11.8. The molecular formula is C21H27N3O3S. The van der Waals surface area contributed by atoms with E-state index >= 15 is 0 Å². The molecule has 0 bridgehead atoms. The van der Waals surface area contributed by atoms with Crippen LogP contribution in [-0.4, -0.2) is 38.7 Å². The SMILES string of the molecule is CNC(=S)N/N=C\c1ccc(OCCCOc2c(C)cccc2C)c(OC)c1. The summed E-state index contributed by atoms with van der Waals surface area (Å²) in [7, 11) is 3.34. The number of para-hydroxylation sites is 1. The van der Waals surface area contributed by atoms with Crippen LogP contribution in [-0.2, 0) is 0 Å². The minimum absolute atomic E-state index is 0.450. The topological polar surface area (TPSA) is 64.1 Å². The van der Waals surface area contributed by atoms with Crippen LogP contribution in [0.3, 0.4) is 0 Å². The Balaban J connectivity index is 1.84. The first-order chi connectivity index (χ1) is 13.5. The lowest BCUT2D eigenvalue weighted by molar-refractivity contribution is 0.239. The van der Waals surface area contributed by atoms with Crippen LogP contribution in [0.2, 0.25) is 0 Å². The molecule has 0 saturated heterocycles. The van der Waals surface area contributed by atoms with Crippen molar-refractivity contribution < 1.29 is 14.2 Å². The van der Waals surface area contributed by atoms with E-state index < -0.39 is 0 Å². The zero-order valence-corrected chi connectivity index (χ0v) is 17.6. The first-order valence-corrected chi connectivity index (χ1v) is 9.46. The molecule has 150 valence electrons. The van der Waals surface area contributed by atoms with Gasteiger partial charge in [-0.2, -0.15) is 5.10 Å². The van der Waals surface area contributed by atoms with E-state index in [4.69, 9.17) is 26.4 Å². The van der Waals surface area contributed by atoms with Gasteiger partial charge in [-0.25, -0.2) is 0 Å². The number of rotatable bonds is 9. The molecule has 28 heavy (non-hydrogen) atoms. The second-order valence-electron chi connectivity index (χ2n) is 6.13. The van der Waals surface area contributed by atoms with E-state index in [2.05, 4.69) is 41.8 Å². The number of benzene rings is 2. The molecule has 0 saturated carbocycles. The van der Waals surface area contributed by atoms with Crippen LogP contribution < -0.4 is 25.0 Å². The first kappa shape index (κ1) is 21.5. The molecule has 0 heterocycles. The zero-order chi connectivity index (χ0) is 20.4. The van der Waals surface area contributed by atoms with Gasteiger partial charge in [0.05, 0.1) is 26.5 Å². The summed E-state index contributed by atoms with van der Waals surface area (Å²) in [6.07, 6.45) is 2.43. The molecule has 0 fully saturated rings. The molecule has 0 unspecified atom stereocenters. The maximum absolute atomic E-state index is 5.90. The minimum Gasteiger partial charge on any atom is -0.493 e. The van der Waals surface area contributed by atoms with Gasteiger partial charge in [-0.3, -0.25) is 5.43 Å². The van der Waals surface area contributed by atoms with Gasteiger partial charge in [0.25, 0.3) is 0 Å². The van der Waals surface area contributed by atoms with Crippen molar-refractivity contribution in [1.29, 1.82) is 0 Å². The van der Waals surface area contributed by atoms with Gasteiger partial charge < -0.3 is 19.5 Å². The molecule has 0 aliphatic carbocycles. The number of methoxy groups -OCH3 is 1. The predicted molar refractivity (Wildman–Crippen MR) is 117 cm³/mol. The van der Waals surface area contributed by atoms with Crippen molar-refractivity contribution in [2.24, 2.45) is 5.10 Å². The Morgan fingerprint density at radius 1 is 1.07 bits per heavy atom. The van der Waals surface area contributed by atoms with Crippen LogP contribution >= 0.6 is 12.2 Å². The molecule has 0 aliphatic rings. The van der Waals surface area contributed by atoms with E-state index in [0.29, 0.717) is 29.8 Å². The molecule has 2 N–H and O–H groups in total. The highest BCUT2D eigenvalue weighted by Crippen LogP contribution is 2.28. The number of hydrogen-bond donors (Lipinski definition) is 2. The normalized spacial score (nSPS) is 10.6. The number of nitrogens with zero attached hydrogens (tertiary/aromatic N) is 1. The highest BCUT2D eigenvalue weighted by atomic mass is 32.1. The quantitative estimate of drug-likeness (QED) is 0.290. The molecule has 0 spiro atoms. The lowest BCUT2D eigenvalue weighted by atomic mass is 10.1. The standard InChI is InChI=1S/C21H27N3O3S/c1-15-7-5-8-16(2)20(15)27-12-6-11-26-18-10-9-17(13-19(18)25-4)14-23-24-21(28)22-3/h5,7-10,13-14H,6,11-12H2,1-4H3,(H2,22,24,28)/b23-14-. The van der Waals surface area contributed by atoms with E-state index in [-0.39, 0.29) is 0 Å². The third kappa shape index (κ3) is 6.42. The van der Waals surface area contributed by atoms with E-state index in [1.807, 2.05) is 24.3 Å². The van der Waals surface area contributed by atoms with Gasteiger partial charge in [-0.05, 0) is 61.0 Å². The van der Waals surface area contributed by atoms with E-state index in [0.717, 1.165) is 28.9 Å². The van der Waals surface area contributed by atoms with Crippen LogP contribution in [0.25, 0.3) is 0 Å². The molecule has 2 aromatic rings. The zero-order valence-electron chi connectivity index (χ0n) is 16.7. The smallest absolute Gasteiger partial charge is 0.186 e. The number of hydrazone groups is 1. The van der Waals surface area contributed by atoms with Crippen LogP contribution in [0.5, 0.6) is 17.2 Å². The lowest BCUT2D eigenvalue weighted by Crippen LogP contribution is -2.28. The van der Waals surface area contributed by atoms with Crippen LogP contribution in [0.15, 0.2) is 41.5 Å². The Hall–Kier alpha value is -2.80. The van der Waals surface area contributed by atoms with E-state index in [1.165, 1.54) is 0 Å². The molecule has 7 heteroatoms. The summed E-state index contributed by atoms with van der Waals surface area (Å²) in [5, 5.41) is 7.29. The van der Waals surface area contributed by atoms with Crippen molar-refractivity contribution in [2.45, 2.75) is 20.3 Å². The van der Waals surface area contributed by atoms with Gasteiger partial charge in [0.2, 0.25) is 0 Å². The van der Waals surface area contributed by atoms with Crippen molar-refractivity contribution in [3.05, 3.63) is 53.1 Å². The molecule has 0 aliphatic heterocycles. The molecular weight excluding hydrogens is 374 g/mol. The number of thiocarbonyl (C=S) groups is 1. The Bertz CT molecular complexity index is 804. The van der Waals surface area contributed by atoms with Crippen molar-refractivity contribution in [3.8, 4) is 17.2 Å². The molecule has 0 atom stereocenters. The first-order valence-electron chi connectivity index (χ1n) is 9.05. The number of aryl methyl sites for hydroxylation is 2. The van der Waals surface area contributed by atoms with Gasteiger partial charge in [-0.1, -0.05) is 18.2 Å². The number of nitrogens with one attached hydrogen (secondary N) is 2. The molecule has 2 aromatic carbocycles. The second kappa shape index (κ2) is 11.1. The third-order valence-corrected chi connectivity index (χ3v) is 4.29. The highest BCUT2D eigenvalue weighted by Gasteiger charge is 2.06. The van der Waals surface area contributed by atoms with Gasteiger partial charge >= 0.3 is 0 Å². The Morgan fingerprint density at radius 3 is 2.46 bits per heavy atom. The van der Waals surface area contributed by atoms with E-state index in [9.17, 15) is 0 Å². The predicted octanol–water partition coefficient (Wildman–Crippen LogP) is 3.59. The fraction of sp³-hybridized carbons (Fsp3) is 0.333. The molecule has 2 rings (SSSR count). The van der Waals surface area contributed by atoms with Crippen LogP contribution in [0.1, 0.15) is 23.1 Å². The summed E-state index contributed by atoms with van der Waals surface area (Å²) in [4.78, 5) is 0. The van der Waals surface area contributed by atoms with Crippen LogP contribution in [0, 0.1) is 13.8 Å². The maximum atomic E-state index is 5.90. The Labute approximate surface area is 171 Å². The molecule has 6 nitrogen and oxygen atoms in total. The van der Waals surface area contributed by atoms with Crippen molar-refractivity contribution in [3.63, 3.8) is 0 Å². The fourth-order valence-electron chi connectivity index (χ4n) is 2.55. The average Bonchev–Trinajstić information content (AvgIpc) is 2.70. The summed E-state index contributed by atoms with van der Waals surface area (Å²) in [6.45, 7) is 5.23. The minimum atomic E-state index is 0.450. The fourth-order valence-corrected chi connectivity index (χ4v) is 2.60. The van der Waals surface area contributed by atoms with Crippen molar-refractivity contribution >= 4 is 23.5 Å². The van der Waals surface area contributed by atoms with E-state index in [1.54, 1.807) is 20.4 Å². The molecule has 0 amide bonds. The number of ether oxygens (including phenoxy) is 3. The third-order valence-electron chi connectivity index (χ3n) is 4.00. The lowest BCUT2D eigenvalue weighted by Gasteiger charge is -2.13. The Morgan fingerprint density at radius 2 is 1.79 bits per heavy atom. The summed E-state index contributed by atoms with van der Waals surface area (Å²) in [5.74, 6) is 2.29. The molecule has 0 aromatic heterocycles. The summed E-state index contributed by atoms with van der Waals surface area (Å²) >= 11 is 4.96. The van der Waals surface area contributed by atoms with Crippen LogP contribution in [0.4, 0.5) is 0 Å². The highest BCUT2D eigenvalue weighted by molar-refractivity contribution is 7.80. The van der Waals surface area contributed by atoms with Crippen molar-refractivity contribution in [1.82, 2.24) is 10.7 Å². The molecule has 0 radical (unpaired) electrons. The summed E-state index contributed by atoms with van der Waals surface area (Å²) in [5.41, 5.74) is 5.86. The van der Waals surface area contributed by atoms with Gasteiger partial charge in [-0.15, -0.1) is 0 Å². The summed E-state index contributed by atoms with van der Waals surface area (Å²) < 4.78 is 17.2. The average molecular weight is 402 g/mol. The van der Waals surface area contributed by atoms with Crippen molar-refractivity contribution in [2.75, 3.05) is 27.4 Å². The largest absolute Gasteiger partial charge is 0.493 e. The van der Waals surface area contributed by atoms with Gasteiger partial charge in [0.1, 0.15) is 5.75 Å². The van der Waals surface area contributed by atoms with Gasteiger partial charge in [0, 0.05) is 13.5 Å². The number of hydrogen-bond acceptors (Lipinski definition) is 5. The monoisotopic (exact) mass is 401 g/mol. The second-order valence-corrected chi connectivity index (χ2v) is 6.54. The Kier molecular flexibility index (Phi) is 8.55.